The van der Waals surface area contributed by atoms with Crippen molar-refractivity contribution in [2.75, 3.05) is 13.1 Å². The van der Waals surface area contributed by atoms with Gasteiger partial charge in [0, 0.05) is 35.7 Å². The number of aliphatic hydroxyl groups is 1. The number of halogens is 1. The van der Waals surface area contributed by atoms with Gasteiger partial charge < -0.3 is 10.0 Å². The van der Waals surface area contributed by atoms with Crippen molar-refractivity contribution in [2.24, 2.45) is 0 Å². The van der Waals surface area contributed by atoms with Crippen LogP contribution >= 0.6 is 0 Å². The molecule has 2 aliphatic rings. The first-order chi connectivity index (χ1) is 14.0. The lowest BCUT2D eigenvalue weighted by Crippen LogP contribution is -2.49. The maximum absolute atomic E-state index is 13.6. The van der Waals surface area contributed by atoms with E-state index in [1.54, 1.807) is 12.1 Å². The van der Waals surface area contributed by atoms with Gasteiger partial charge in [-0.3, -0.25) is 9.78 Å². The maximum atomic E-state index is 13.6. The molecule has 4 nitrogen and oxygen atoms in total. The molecule has 5 heteroatoms. The fourth-order valence-electron chi connectivity index (χ4n) is 5.16. The van der Waals surface area contributed by atoms with E-state index in [1.165, 1.54) is 23.3 Å². The number of aryl methyl sites for hydroxylation is 1. The van der Waals surface area contributed by atoms with Gasteiger partial charge in [-0.1, -0.05) is 24.3 Å². The Bertz CT molecular complexity index is 1110. The monoisotopic (exact) mass is 390 g/mol. The molecule has 1 aliphatic heterocycles. The van der Waals surface area contributed by atoms with Gasteiger partial charge in [0.1, 0.15) is 5.82 Å². The smallest absolute Gasteiger partial charge is 0.254 e. The van der Waals surface area contributed by atoms with Crippen LogP contribution in [0.15, 0.2) is 48.5 Å². The predicted molar refractivity (Wildman–Crippen MR) is 109 cm³/mol. The summed E-state index contributed by atoms with van der Waals surface area (Å²) < 4.78 is 13.6. The SMILES string of the molecule is Cc1cc(C(=O)N2CCC3(CC2)c2ccccc2CC3O)c2ccc(F)cc2n1. The minimum atomic E-state index is -0.399. The summed E-state index contributed by atoms with van der Waals surface area (Å²) >= 11 is 0. The molecule has 1 atom stereocenters. The van der Waals surface area contributed by atoms with Crippen molar-refractivity contribution in [3.8, 4) is 0 Å². The fourth-order valence-corrected chi connectivity index (χ4v) is 5.16. The molecule has 5 rings (SSSR count). The Labute approximate surface area is 169 Å². The van der Waals surface area contributed by atoms with Gasteiger partial charge in [0.15, 0.2) is 0 Å². The highest BCUT2D eigenvalue weighted by Gasteiger charge is 2.48. The second kappa shape index (κ2) is 6.63. The van der Waals surface area contributed by atoms with Gasteiger partial charge in [-0.25, -0.2) is 4.39 Å². The first kappa shape index (κ1) is 18.3. The Morgan fingerprint density at radius 3 is 2.72 bits per heavy atom. The van der Waals surface area contributed by atoms with Crippen molar-refractivity contribution >= 4 is 16.8 Å². The van der Waals surface area contributed by atoms with Crippen LogP contribution in [-0.4, -0.2) is 40.1 Å². The lowest BCUT2D eigenvalue weighted by molar-refractivity contribution is 0.0366. The fraction of sp³-hybridized carbons (Fsp3) is 0.333. The molecule has 0 saturated carbocycles. The quantitative estimate of drug-likeness (QED) is 0.688. The number of carbonyl (C=O) groups is 1. The third-order valence-corrected chi connectivity index (χ3v) is 6.68. The minimum absolute atomic E-state index is 0.0530. The number of fused-ring (bicyclic) bond motifs is 3. The van der Waals surface area contributed by atoms with Crippen LogP contribution in [0.2, 0.25) is 0 Å². The third-order valence-electron chi connectivity index (χ3n) is 6.68. The Morgan fingerprint density at radius 1 is 1.17 bits per heavy atom. The van der Waals surface area contributed by atoms with Gasteiger partial charge in [0.25, 0.3) is 5.91 Å². The number of benzene rings is 2. The lowest BCUT2D eigenvalue weighted by atomic mass is 9.72. The van der Waals surface area contributed by atoms with Crippen LogP contribution < -0.4 is 0 Å². The molecule has 3 aromatic rings. The van der Waals surface area contributed by atoms with Crippen molar-refractivity contribution in [3.05, 3.63) is 76.7 Å². The number of nitrogens with zero attached hydrogens (tertiary/aromatic N) is 2. The van der Waals surface area contributed by atoms with Gasteiger partial charge in [-0.15, -0.1) is 0 Å². The summed E-state index contributed by atoms with van der Waals surface area (Å²) in [4.78, 5) is 19.6. The number of likely N-dealkylation sites (tertiary alicyclic amines) is 1. The number of rotatable bonds is 1. The molecule has 1 aromatic heterocycles. The number of carbonyl (C=O) groups excluding carboxylic acids is 1. The number of hydrogen-bond donors (Lipinski definition) is 1. The molecule has 1 amide bonds. The van der Waals surface area contributed by atoms with E-state index in [1.807, 2.05) is 24.0 Å². The Balaban J connectivity index is 1.44. The minimum Gasteiger partial charge on any atom is -0.392 e. The van der Waals surface area contributed by atoms with E-state index in [0.29, 0.717) is 41.7 Å². The molecule has 1 spiro atoms. The van der Waals surface area contributed by atoms with Crippen LogP contribution in [0.25, 0.3) is 10.9 Å². The van der Waals surface area contributed by atoms with Gasteiger partial charge in [-0.2, -0.15) is 0 Å². The zero-order valence-corrected chi connectivity index (χ0v) is 16.4. The number of amides is 1. The highest BCUT2D eigenvalue weighted by atomic mass is 19.1. The van der Waals surface area contributed by atoms with E-state index >= 15 is 0 Å². The molecule has 0 radical (unpaired) electrons. The van der Waals surface area contributed by atoms with Crippen LogP contribution in [-0.2, 0) is 11.8 Å². The van der Waals surface area contributed by atoms with Crippen LogP contribution in [0.4, 0.5) is 4.39 Å². The summed E-state index contributed by atoms with van der Waals surface area (Å²) in [5.41, 5.74) is 3.96. The van der Waals surface area contributed by atoms with E-state index in [4.69, 9.17) is 0 Å². The first-order valence-electron chi connectivity index (χ1n) is 10.1. The average molecular weight is 390 g/mol. The van der Waals surface area contributed by atoms with E-state index < -0.39 is 6.10 Å². The van der Waals surface area contributed by atoms with Gasteiger partial charge >= 0.3 is 0 Å². The molecule has 0 bridgehead atoms. The molecular weight excluding hydrogens is 367 g/mol. The molecule has 1 unspecified atom stereocenters. The van der Waals surface area contributed by atoms with Crippen LogP contribution in [0.5, 0.6) is 0 Å². The van der Waals surface area contributed by atoms with E-state index in [0.717, 1.165) is 12.8 Å². The van der Waals surface area contributed by atoms with Crippen LogP contribution in [0.1, 0.15) is 40.0 Å². The van der Waals surface area contributed by atoms with Crippen LogP contribution in [0.3, 0.4) is 0 Å². The third kappa shape index (κ3) is 2.84. The lowest BCUT2D eigenvalue weighted by Gasteiger charge is -2.42. The Kier molecular flexibility index (Phi) is 4.17. The molecule has 2 heterocycles. The van der Waals surface area contributed by atoms with Gasteiger partial charge in [0.2, 0.25) is 0 Å². The molecule has 1 aliphatic carbocycles. The standard InChI is InChI=1S/C24H23FN2O2/c1-15-12-19(18-7-6-17(25)14-21(18)26-15)23(29)27-10-8-24(9-11-27)20-5-3-2-4-16(20)13-22(24)28/h2-7,12,14,22,28H,8-11,13H2,1H3. The summed E-state index contributed by atoms with van der Waals surface area (Å²) in [6.07, 6.45) is 1.77. The molecule has 1 saturated heterocycles. The van der Waals surface area contributed by atoms with Crippen molar-refractivity contribution in [3.63, 3.8) is 0 Å². The van der Waals surface area contributed by atoms with E-state index in [9.17, 15) is 14.3 Å². The average Bonchev–Trinajstić information content (AvgIpc) is 2.98. The Morgan fingerprint density at radius 2 is 1.93 bits per heavy atom. The highest BCUT2D eigenvalue weighted by Crippen LogP contribution is 2.46. The van der Waals surface area contributed by atoms with Crippen molar-refractivity contribution in [1.29, 1.82) is 0 Å². The topological polar surface area (TPSA) is 53.4 Å². The zero-order valence-electron chi connectivity index (χ0n) is 16.4. The highest BCUT2D eigenvalue weighted by molar-refractivity contribution is 6.06. The second-order valence-corrected chi connectivity index (χ2v) is 8.30. The normalized spacial score (nSPS) is 20.2. The summed E-state index contributed by atoms with van der Waals surface area (Å²) in [5, 5.41) is 11.5. The summed E-state index contributed by atoms with van der Waals surface area (Å²) in [7, 11) is 0. The summed E-state index contributed by atoms with van der Waals surface area (Å²) in [6, 6.07) is 14.4. The first-order valence-corrected chi connectivity index (χ1v) is 10.1. The molecule has 148 valence electrons. The summed E-state index contributed by atoms with van der Waals surface area (Å²) in [6.45, 7) is 3.00. The number of hydrogen-bond acceptors (Lipinski definition) is 3. The summed E-state index contributed by atoms with van der Waals surface area (Å²) in [5.74, 6) is -0.412. The maximum Gasteiger partial charge on any atom is 0.254 e. The second-order valence-electron chi connectivity index (χ2n) is 8.30. The molecule has 1 N–H and O–H groups in total. The number of piperidine rings is 1. The van der Waals surface area contributed by atoms with Gasteiger partial charge in [0.05, 0.1) is 17.2 Å². The van der Waals surface area contributed by atoms with E-state index in [2.05, 4.69) is 17.1 Å². The van der Waals surface area contributed by atoms with E-state index in [-0.39, 0.29) is 17.1 Å². The van der Waals surface area contributed by atoms with Crippen LogP contribution in [0, 0.1) is 12.7 Å². The predicted octanol–water partition coefficient (Wildman–Crippen LogP) is 3.77. The largest absolute Gasteiger partial charge is 0.392 e. The van der Waals surface area contributed by atoms with Crippen molar-refractivity contribution < 1.29 is 14.3 Å². The van der Waals surface area contributed by atoms with Crippen molar-refractivity contribution in [1.82, 2.24) is 9.88 Å². The number of aliphatic hydroxyl groups excluding tert-OH is 1. The van der Waals surface area contributed by atoms with Gasteiger partial charge in [-0.05, 0) is 55.5 Å². The van der Waals surface area contributed by atoms with Crippen molar-refractivity contribution in [2.45, 2.75) is 37.7 Å². The number of pyridine rings is 1. The number of aromatic nitrogens is 1. The molecule has 29 heavy (non-hydrogen) atoms. The molecule has 1 fully saturated rings. The zero-order chi connectivity index (χ0) is 20.2. The Hall–Kier alpha value is -2.79. The molecule has 2 aromatic carbocycles. The molecular formula is C24H23FN2O2.